The summed E-state index contributed by atoms with van der Waals surface area (Å²) in [5.74, 6) is 6.62. The zero-order chi connectivity index (χ0) is 16.2. The Bertz CT molecular complexity index is 555. The van der Waals surface area contributed by atoms with Gasteiger partial charge < -0.3 is 5.11 Å². The third-order valence-corrected chi connectivity index (χ3v) is 8.58. The SMILES string of the molecule is C#CC1C=C2CC[C@@H]3[C@H](CC[C@@]4(C)[C@H]3CC[C@@]4(O)CC)[C@H]2CC1. The molecule has 0 spiro atoms. The summed E-state index contributed by atoms with van der Waals surface area (Å²) < 4.78 is 0. The number of allylic oxidation sites excluding steroid dienone is 2. The van der Waals surface area contributed by atoms with E-state index in [-0.39, 0.29) is 5.41 Å². The number of hydrogen-bond donors (Lipinski definition) is 1. The number of aliphatic hydroxyl groups is 1. The summed E-state index contributed by atoms with van der Waals surface area (Å²) in [4.78, 5) is 0. The first kappa shape index (κ1) is 15.8. The summed E-state index contributed by atoms with van der Waals surface area (Å²) in [5, 5.41) is 11.2. The molecule has 4 rings (SSSR count). The fraction of sp³-hybridized carbons (Fsp3) is 0.818. The average molecular weight is 312 g/mol. The van der Waals surface area contributed by atoms with Crippen molar-refractivity contribution in [3.63, 3.8) is 0 Å². The van der Waals surface area contributed by atoms with Crippen LogP contribution in [0.1, 0.15) is 71.6 Å². The van der Waals surface area contributed by atoms with Crippen molar-refractivity contribution in [3.05, 3.63) is 11.6 Å². The van der Waals surface area contributed by atoms with Crippen molar-refractivity contribution < 1.29 is 5.11 Å². The average Bonchev–Trinajstić information content (AvgIpc) is 2.86. The van der Waals surface area contributed by atoms with Gasteiger partial charge >= 0.3 is 0 Å². The highest BCUT2D eigenvalue weighted by Crippen LogP contribution is 2.65. The monoisotopic (exact) mass is 312 g/mol. The zero-order valence-corrected chi connectivity index (χ0v) is 14.9. The highest BCUT2D eigenvalue weighted by molar-refractivity contribution is 5.23. The molecule has 7 atom stereocenters. The van der Waals surface area contributed by atoms with Gasteiger partial charge in [-0.3, -0.25) is 0 Å². The van der Waals surface area contributed by atoms with Gasteiger partial charge in [-0.1, -0.05) is 31.4 Å². The number of fused-ring (bicyclic) bond motifs is 5. The molecule has 23 heavy (non-hydrogen) atoms. The molecule has 0 amide bonds. The Morgan fingerprint density at radius 1 is 1.17 bits per heavy atom. The first-order valence-electron chi connectivity index (χ1n) is 9.91. The molecule has 4 aliphatic rings. The van der Waals surface area contributed by atoms with Crippen LogP contribution in [0.3, 0.4) is 0 Å². The quantitative estimate of drug-likeness (QED) is 0.536. The van der Waals surface area contributed by atoms with E-state index in [0.717, 1.165) is 36.5 Å². The molecule has 3 saturated carbocycles. The lowest BCUT2D eigenvalue weighted by Crippen LogP contribution is -2.52. The summed E-state index contributed by atoms with van der Waals surface area (Å²) in [6.45, 7) is 4.59. The Morgan fingerprint density at radius 3 is 2.74 bits per heavy atom. The highest BCUT2D eigenvalue weighted by Gasteiger charge is 2.61. The Hall–Kier alpha value is -0.740. The van der Waals surface area contributed by atoms with Gasteiger partial charge in [0.1, 0.15) is 0 Å². The molecule has 0 heterocycles. The molecule has 3 fully saturated rings. The lowest BCUT2D eigenvalue weighted by atomic mass is 9.50. The first-order valence-corrected chi connectivity index (χ1v) is 9.91. The molecule has 4 aliphatic carbocycles. The Kier molecular flexibility index (Phi) is 3.69. The molecule has 0 aromatic heterocycles. The van der Waals surface area contributed by atoms with Crippen molar-refractivity contribution in [2.24, 2.45) is 35.0 Å². The Morgan fingerprint density at radius 2 is 2.00 bits per heavy atom. The van der Waals surface area contributed by atoms with Gasteiger partial charge in [-0.2, -0.15) is 0 Å². The van der Waals surface area contributed by atoms with Crippen molar-refractivity contribution in [1.29, 1.82) is 0 Å². The molecule has 0 saturated heterocycles. The van der Waals surface area contributed by atoms with Crippen LogP contribution in [0.25, 0.3) is 0 Å². The highest BCUT2D eigenvalue weighted by atomic mass is 16.3. The minimum atomic E-state index is -0.403. The second-order valence-electron chi connectivity index (χ2n) is 9.05. The van der Waals surface area contributed by atoms with Crippen molar-refractivity contribution in [3.8, 4) is 12.3 Å². The molecular formula is C22H32O. The number of rotatable bonds is 1. The molecule has 1 heteroatoms. The van der Waals surface area contributed by atoms with Crippen LogP contribution in [0, 0.1) is 47.3 Å². The van der Waals surface area contributed by atoms with Crippen LogP contribution in [-0.4, -0.2) is 10.7 Å². The summed E-state index contributed by atoms with van der Waals surface area (Å²) in [6.07, 6.45) is 19.0. The summed E-state index contributed by atoms with van der Waals surface area (Å²) in [6, 6.07) is 0. The van der Waals surface area contributed by atoms with E-state index in [0.29, 0.717) is 5.92 Å². The molecule has 0 aromatic rings. The maximum atomic E-state index is 11.2. The maximum Gasteiger partial charge on any atom is 0.0701 e. The van der Waals surface area contributed by atoms with Gasteiger partial charge in [-0.05, 0) is 86.9 Å². The maximum absolute atomic E-state index is 11.2. The molecule has 0 aliphatic heterocycles. The predicted octanol–water partition coefficient (Wildman–Crippen LogP) is 4.95. The van der Waals surface area contributed by atoms with E-state index in [1.807, 2.05) is 0 Å². The van der Waals surface area contributed by atoms with E-state index in [2.05, 4.69) is 25.8 Å². The van der Waals surface area contributed by atoms with Crippen molar-refractivity contribution in [2.75, 3.05) is 0 Å². The van der Waals surface area contributed by atoms with Gasteiger partial charge in [-0.15, -0.1) is 6.42 Å². The van der Waals surface area contributed by atoms with Crippen LogP contribution < -0.4 is 0 Å². The van der Waals surface area contributed by atoms with E-state index in [4.69, 9.17) is 6.42 Å². The lowest BCUT2D eigenvalue weighted by molar-refractivity contribution is -0.119. The van der Waals surface area contributed by atoms with Crippen LogP contribution in [0.5, 0.6) is 0 Å². The van der Waals surface area contributed by atoms with Crippen LogP contribution in [0.15, 0.2) is 11.6 Å². The molecule has 1 nitrogen and oxygen atoms in total. The molecule has 1 N–H and O–H groups in total. The van der Waals surface area contributed by atoms with Crippen molar-refractivity contribution >= 4 is 0 Å². The topological polar surface area (TPSA) is 20.2 Å². The predicted molar refractivity (Wildman–Crippen MR) is 94.6 cm³/mol. The molecule has 0 aromatic carbocycles. The van der Waals surface area contributed by atoms with Gasteiger partial charge in [0, 0.05) is 5.92 Å². The van der Waals surface area contributed by atoms with Gasteiger partial charge in [0.2, 0.25) is 0 Å². The Labute approximate surface area is 141 Å². The van der Waals surface area contributed by atoms with E-state index >= 15 is 0 Å². The van der Waals surface area contributed by atoms with Crippen LogP contribution >= 0.6 is 0 Å². The molecular weight excluding hydrogens is 280 g/mol. The number of terminal acetylenes is 1. The molecule has 1 unspecified atom stereocenters. The van der Waals surface area contributed by atoms with E-state index in [9.17, 15) is 5.11 Å². The van der Waals surface area contributed by atoms with Gasteiger partial charge in [0.25, 0.3) is 0 Å². The second-order valence-corrected chi connectivity index (χ2v) is 9.05. The zero-order valence-electron chi connectivity index (χ0n) is 14.9. The Balaban J connectivity index is 1.61. The van der Waals surface area contributed by atoms with Crippen molar-refractivity contribution in [2.45, 2.75) is 77.2 Å². The fourth-order valence-electron chi connectivity index (χ4n) is 7.15. The van der Waals surface area contributed by atoms with Crippen molar-refractivity contribution in [1.82, 2.24) is 0 Å². The summed E-state index contributed by atoms with van der Waals surface area (Å²) in [5.41, 5.74) is 1.45. The fourth-order valence-corrected chi connectivity index (χ4v) is 7.15. The van der Waals surface area contributed by atoms with E-state index < -0.39 is 5.60 Å². The third kappa shape index (κ3) is 2.10. The van der Waals surface area contributed by atoms with Gasteiger partial charge in [-0.25, -0.2) is 0 Å². The smallest absolute Gasteiger partial charge is 0.0701 e. The number of hydrogen-bond acceptors (Lipinski definition) is 1. The summed E-state index contributed by atoms with van der Waals surface area (Å²) in [7, 11) is 0. The second kappa shape index (κ2) is 5.38. The lowest BCUT2D eigenvalue weighted by Gasteiger charge is -2.56. The molecule has 126 valence electrons. The first-order chi connectivity index (χ1) is 11.0. The summed E-state index contributed by atoms with van der Waals surface area (Å²) >= 11 is 0. The minimum absolute atomic E-state index is 0.167. The van der Waals surface area contributed by atoms with Gasteiger partial charge in [0.15, 0.2) is 0 Å². The van der Waals surface area contributed by atoms with Gasteiger partial charge in [0.05, 0.1) is 5.60 Å². The molecule has 0 bridgehead atoms. The largest absolute Gasteiger partial charge is 0.389 e. The minimum Gasteiger partial charge on any atom is -0.389 e. The standard InChI is InChI=1S/C22H32O/c1-4-15-6-8-17-16(14-15)7-9-19-18(17)10-12-21(3)20(19)11-13-22(21,23)5-2/h1,14-15,17-20,23H,5-13H2,2-3H3/t15?,17-,18+,19+,20-,21-,22-/m0/s1. The van der Waals surface area contributed by atoms with E-state index in [1.54, 1.807) is 5.57 Å². The normalized spacial score (nSPS) is 51.9. The molecule has 0 radical (unpaired) electrons. The van der Waals surface area contributed by atoms with E-state index in [1.165, 1.54) is 44.9 Å². The third-order valence-electron chi connectivity index (χ3n) is 8.58. The van der Waals surface area contributed by atoms with Crippen LogP contribution in [0.2, 0.25) is 0 Å². The van der Waals surface area contributed by atoms with Crippen LogP contribution in [0.4, 0.5) is 0 Å². The van der Waals surface area contributed by atoms with Crippen LogP contribution in [-0.2, 0) is 0 Å².